The number of methoxy groups -OCH3 is 1. The van der Waals surface area contributed by atoms with Crippen LogP contribution in [-0.4, -0.2) is 47.0 Å². The molecule has 2 aromatic carbocycles. The van der Waals surface area contributed by atoms with Crippen molar-refractivity contribution in [2.45, 2.75) is 32.7 Å². The average Bonchev–Trinajstić information content (AvgIpc) is 3.35. The lowest BCUT2D eigenvalue weighted by Crippen LogP contribution is -2.25. The quantitative estimate of drug-likeness (QED) is 0.244. The molecule has 0 spiro atoms. The van der Waals surface area contributed by atoms with Crippen molar-refractivity contribution in [1.29, 1.82) is 0 Å². The Kier molecular flexibility index (Phi) is 8.33. The second kappa shape index (κ2) is 11.8. The van der Waals surface area contributed by atoms with Gasteiger partial charge in [-0.1, -0.05) is 37.6 Å². The number of carbonyl (C=O) groups is 2. The predicted octanol–water partition coefficient (Wildman–Crippen LogP) is 4.99. The number of hydrogen-bond acceptors (Lipinski definition) is 6. The summed E-state index contributed by atoms with van der Waals surface area (Å²) in [5.74, 6) is -1.23. The third kappa shape index (κ3) is 6.64. The first-order chi connectivity index (χ1) is 18.7. The van der Waals surface area contributed by atoms with Gasteiger partial charge in [-0.25, -0.2) is 4.98 Å². The fraction of sp³-hybridized carbons (Fsp3) is 0.259. The monoisotopic (exact) mass is 541 g/mol. The first-order valence-electron chi connectivity index (χ1n) is 12.1. The van der Waals surface area contributed by atoms with Gasteiger partial charge in [0.1, 0.15) is 11.3 Å². The lowest BCUT2D eigenvalue weighted by atomic mass is 10.0. The maximum atomic E-state index is 13.0. The Morgan fingerprint density at radius 1 is 1.03 bits per heavy atom. The maximum absolute atomic E-state index is 13.0. The number of aromatic amines is 1. The zero-order valence-electron chi connectivity index (χ0n) is 21.2. The zero-order chi connectivity index (χ0) is 28.0. The highest BCUT2D eigenvalue weighted by molar-refractivity contribution is 6.05. The van der Waals surface area contributed by atoms with Gasteiger partial charge >= 0.3 is 6.36 Å². The van der Waals surface area contributed by atoms with Crippen molar-refractivity contribution < 1.29 is 32.2 Å². The highest BCUT2D eigenvalue weighted by Crippen LogP contribution is 2.29. The zero-order valence-corrected chi connectivity index (χ0v) is 21.2. The van der Waals surface area contributed by atoms with E-state index >= 15 is 0 Å². The molecule has 0 atom stereocenters. The van der Waals surface area contributed by atoms with Gasteiger partial charge in [0, 0.05) is 35.8 Å². The van der Waals surface area contributed by atoms with Crippen molar-refractivity contribution in [3.05, 3.63) is 71.5 Å². The number of halogens is 3. The summed E-state index contributed by atoms with van der Waals surface area (Å²) in [5, 5.41) is 13.1. The third-order valence-electron chi connectivity index (χ3n) is 5.85. The Morgan fingerprint density at radius 3 is 2.56 bits per heavy atom. The van der Waals surface area contributed by atoms with Crippen LogP contribution in [0.25, 0.3) is 22.0 Å². The minimum Gasteiger partial charge on any atom is -0.480 e. The van der Waals surface area contributed by atoms with E-state index in [1.165, 1.54) is 31.5 Å². The van der Waals surface area contributed by atoms with Gasteiger partial charge in [-0.15, -0.1) is 13.2 Å². The highest BCUT2D eigenvalue weighted by atomic mass is 19.4. The van der Waals surface area contributed by atoms with Gasteiger partial charge in [-0.05, 0) is 36.2 Å². The van der Waals surface area contributed by atoms with Gasteiger partial charge < -0.3 is 20.1 Å². The van der Waals surface area contributed by atoms with Crippen LogP contribution < -0.4 is 20.1 Å². The van der Waals surface area contributed by atoms with E-state index in [9.17, 15) is 22.8 Å². The normalized spacial score (nSPS) is 11.3. The molecular formula is C27H26F3N5O4. The summed E-state index contributed by atoms with van der Waals surface area (Å²) >= 11 is 0. The smallest absolute Gasteiger partial charge is 0.480 e. The standard InChI is InChI=1S/C27H26F3N5O4/c1-3-4-11-31-25(37)23-19-10-9-16(13-21(19)34-35-23)18-12-20(26(38-2)33-15-18)24(36)32-14-17-7-5-6-8-22(17)39-27(28,29)30/h5-10,12-13,15H,3-4,11,14H2,1-2H3,(H,31,37)(H,32,36)(H,34,35). The number of aromatic nitrogens is 3. The van der Waals surface area contributed by atoms with Crippen LogP contribution in [0, 0.1) is 0 Å². The Bertz CT molecular complexity index is 1490. The largest absolute Gasteiger partial charge is 0.573 e. The maximum Gasteiger partial charge on any atom is 0.573 e. The molecule has 3 N–H and O–H groups in total. The van der Waals surface area contributed by atoms with E-state index in [0.717, 1.165) is 12.8 Å². The number of nitrogens with zero attached hydrogens (tertiary/aromatic N) is 2. The number of pyridine rings is 1. The van der Waals surface area contributed by atoms with Crippen LogP contribution in [0.2, 0.25) is 0 Å². The number of carbonyl (C=O) groups excluding carboxylic acids is 2. The number of benzene rings is 2. The van der Waals surface area contributed by atoms with Crippen LogP contribution in [0.15, 0.2) is 54.7 Å². The molecule has 2 heterocycles. The van der Waals surface area contributed by atoms with Gasteiger partial charge in [0.25, 0.3) is 11.8 Å². The predicted molar refractivity (Wildman–Crippen MR) is 137 cm³/mol. The summed E-state index contributed by atoms with van der Waals surface area (Å²) in [6.07, 6.45) is -1.51. The fourth-order valence-electron chi connectivity index (χ4n) is 3.91. The van der Waals surface area contributed by atoms with Crippen LogP contribution in [0.4, 0.5) is 13.2 Å². The number of nitrogens with one attached hydrogen (secondary N) is 3. The highest BCUT2D eigenvalue weighted by Gasteiger charge is 2.32. The molecule has 0 radical (unpaired) electrons. The van der Waals surface area contributed by atoms with Crippen LogP contribution in [0.3, 0.4) is 0 Å². The summed E-state index contributed by atoms with van der Waals surface area (Å²) in [6.45, 7) is 2.38. The lowest BCUT2D eigenvalue weighted by molar-refractivity contribution is -0.274. The molecule has 0 saturated heterocycles. The van der Waals surface area contributed by atoms with Crippen LogP contribution in [0.1, 0.15) is 46.2 Å². The van der Waals surface area contributed by atoms with E-state index < -0.39 is 18.0 Å². The van der Waals surface area contributed by atoms with E-state index in [1.807, 2.05) is 6.92 Å². The first-order valence-corrected chi connectivity index (χ1v) is 12.1. The summed E-state index contributed by atoms with van der Waals surface area (Å²) in [5.41, 5.74) is 2.41. The van der Waals surface area contributed by atoms with Crippen LogP contribution in [0.5, 0.6) is 11.6 Å². The Hall–Kier alpha value is -4.61. The van der Waals surface area contributed by atoms with Gasteiger partial charge in [0.15, 0.2) is 5.69 Å². The Balaban J connectivity index is 1.55. The lowest BCUT2D eigenvalue weighted by Gasteiger charge is -2.14. The number of alkyl halides is 3. The summed E-state index contributed by atoms with van der Waals surface area (Å²) < 4.78 is 47.5. The van der Waals surface area contributed by atoms with Crippen LogP contribution >= 0.6 is 0 Å². The molecule has 0 aliphatic rings. The van der Waals surface area contributed by atoms with Crippen molar-refractivity contribution in [2.24, 2.45) is 0 Å². The SMILES string of the molecule is CCCCNC(=O)c1n[nH]c2cc(-c3cnc(OC)c(C(=O)NCc4ccccc4OC(F)(F)F)c3)ccc12. The minimum atomic E-state index is -4.86. The first kappa shape index (κ1) is 27.4. The molecule has 0 unspecified atom stereocenters. The third-order valence-corrected chi connectivity index (χ3v) is 5.85. The van der Waals surface area contributed by atoms with Crippen LogP contribution in [-0.2, 0) is 6.54 Å². The fourth-order valence-corrected chi connectivity index (χ4v) is 3.91. The van der Waals surface area contributed by atoms with E-state index in [-0.39, 0.29) is 35.2 Å². The van der Waals surface area contributed by atoms with Gasteiger partial charge in [-0.2, -0.15) is 5.10 Å². The van der Waals surface area contributed by atoms with E-state index in [1.54, 1.807) is 30.3 Å². The number of ether oxygens (including phenoxy) is 2. The Morgan fingerprint density at radius 2 is 1.82 bits per heavy atom. The molecule has 2 aromatic heterocycles. The molecule has 12 heteroatoms. The number of unbranched alkanes of at least 4 members (excludes halogenated alkanes) is 1. The molecule has 0 bridgehead atoms. The second-order valence-electron chi connectivity index (χ2n) is 8.56. The molecule has 2 amide bonds. The van der Waals surface area contributed by atoms with E-state index in [2.05, 4.69) is 30.6 Å². The topological polar surface area (TPSA) is 118 Å². The number of rotatable bonds is 10. The summed E-state index contributed by atoms with van der Waals surface area (Å²) in [4.78, 5) is 29.7. The molecule has 4 rings (SSSR count). The number of para-hydroxylation sites is 1. The molecule has 4 aromatic rings. The molecule has 39 heavy (non-hydrogen) atoms. The van der Waals surface area contributed by atoms with Crippen molar-refractivity contribution in [1.82, 2.24) is 25.8 Å². The molecule has 0 saturated carbocycles. The van der Waals surface area contributed by atoms with Gasteiger partial charge in [0.05, 0.1) is 12.6 Å². The van der Waals surface area contributed by atoms with E-state index in [4.69, 9.17) is 4.74 Å². The molecule has 0 aliphatic carbocycles. The molecular weight excluding hydrogens is 515 g/mol. The summed E-state index contributed by atoms with van der Waals surface area (Å²) in [6, 6.07) is 12.4. The molecule has 0 aliphatic heterocycles. The number of fused-ring (bicyclic) bond motifs is 1. The second-order valence-corrected chi connectivity index (χ2v) is 8.56. The van der Waals surface area contributed by atoms with Crippen molar-refractivity contribution in [3.63, 3.8) is 0 Å². The van der Waals surface area contributed by atoms with Crippen molar-refractivity contribution in [2.75, 3.05) is 13.7 Å². The van der Waals surface area contributed by atoms with Crippen molar-refractivity contribution in [3.8, 4) is 22.8 Å². The number of H-pyrrole nitrogens is 1. The minimum absolute atomic E-state index is 0.0460. The number of amides is 2. The molecule has 9 nitrogen and oxygen atoms in total. The summed E-state index contributed by atoms with van der Waals surface area (Å²) in [7, 11) is 1.36. The van der Waals surface area contributed by atoms with Gasteiger partial charge in [-0.3, -0.25) is 14.7 Å². The van der Waals surface area contributed by atoms with E-state index in [0.29, 0.717) is 28.6 Å². The number of hydrogen-bond donors (Lipinski definition) is 3. The van der Waals surface area contributed by atoms with Gasteiger partial charge in [0.2, 0.25) is 5.88 Å². The average molecular weight is 542 g/mol. The molecule has 0 fully saturated rings. The molecule has 204 valence electrons. The Labute approximate surface area is 221 Å². The van der Waals surface area contributed by atoms with Crippen molar-refractivity contribution >= 4 is 22.7 Å².